The normalized spacial score (nSPS) is 28.5. The number of hydrazone groups is 1. The first-order valence-electron chi connectivity index (χ1n) is 10.5. The summed E-state index contributed by atoms with van der Waals surface area (Å²) in [4.78, 5) is 28.1. The van der Waals surface area contributed by atoms with Crippen molar-refractivity contribution in [1.82, 2.24) is 20.5 Å². The second-order valence-corrected chi connectivity index (χ2v) is 9.00. The number of carbonyl (C=O) groups is 2. The first-order chi connectivity index (χ1) is 14.4. The van der Waals surface area contributed by atoms with Crippen LogP contribution in [0.3, 0.4) is 0 Å². The summed E-state index contributed by atoms with van der Waals surface area (Å²) >= 11 is 0. The molecule has 30 heavy (non-hydrogen) atoms. The van der Waals surface area contributed by atoms with Gasteiger partial charge in [-0.3, -0.25) is 10.2 Å². The fourth-order valence-electron chi connectivity index (χ4n) is 5.36. The van der Waals surface area contributed by atoms with Gasteiger partial charge in [0.15, 0.2) is 0 Å². The molecular formula is C20H29F2N5O3. The lowest BCUT2D eigenvalue weighted by Crippen LogP contribution is -2.68. The molecule has 2 N–H and O–H groups in total. The zero-order valence-electron chi connectivity index (χ0n) is 17.0. The van der Waals surface area contributed by atoms with Gasteiger partial charge in [-0.2, -0.15) is 5.10 Å². The number of morpholine rings is 1. The summed E-state index contributed by atoms with van der Waals surface area (Å²) in [7, 11) is 0. The van der Waals surface area contributed by atoms with Gasteiger partial charge >= 0.3 is 6.03 Å². The van der Waals surface area contributed by atoms with Crippen LogP contribution in [-0.2, 0) is 9.53 Å². The Bertz CT molecular complexity index is 717. The molecule has 4 rings (SSSR count). The Labute approximate surface area is 174 Å². The van der Waals surface area contributed by atoms with E-state index in [-0.39, 0.29) is 42.5 Å². The van der Waals surface area contributed by atoms with Crippen molar-refractivity contribution in [1.29, 1.82) is 0 Å². The number of halogens is 2. The highest BCUT2D eigenvalue weighted by molar-refractivity contribution is 5.79. The average Bonchev–Trinajstić information content (AvgIpc) is 2.65. The van der Waals surface area contributed by atoms with Crippen molar-refractivity contribution < 1.29 is 23.1 Å². The lowest BCUT2D eigenvalue weighted by atomic mass is 9.57. The zero-order chi connectivity index (χ0) is 21.3. The molecule has 1 spiro atoms. The number of alkyl halides is 2. The number of hydrogen-bond donors (Lipinski definition) is 2. The minimum absolute atomic E-state index is 0.00661. The summed E-state index contributed by atoms with van der Waals surface area (Å²) in [5, 5.41) is 6.53. The second-order valence-electron chi connectivity index (χ2n) is 9.00. The van der Waals surface area contributed by atoms with E-state index in [4.69, 9.17) is 4.74 Å². The molecule has 10 heteroatoms. The molecule has 0 radical (unpaired) electrons. The number of nitrogens with zero attached hydrogens (tertiary/aromatic N) is 3. The molecule has 3 aliphatic heterocycles. The second kappa shape index (κ2) is 8.49. The van der Waals surface area contributed by atoms with Crippen molar-refractivity contribution in [2.45, 2.75) is 50.7 Å². The average molecular weight is 425 g/mol. The molecule has 1 saturated carbocycles. The first kappa shape index (κ1) is 21.0. The van der Waals surface area contributed by atoms with Gasteiger partial charge in [0.05, 0.1) is 12.1 Å². The van der Waals surface area contributed by atoms with Crippen LogP contribution in [0.4, 0.5) is 13.6 Å². The van der Waals surface area contributed by atoms with Crippen LogP contribution in [0.5, 0.6) is 0 Å². The fraction of sp³-hybridized carbons (Fsp3) is 0.750. The Morgan fingerprint density at radius 2 is 2.17 bits per heavy atom. The van der Waals surface area contributed by atoms with Gasteiger partial charge in [-0.05, 0) is 31.6 Å². The van der Waals surface area contributed by atoms with Crippen molar-refractivity contribution in [2.75, 3.05) is 32.8 Å². The third-order valence-electron chi connectivity index (χ3n) is 6.63. The Kier molecular flexibility index (Phi) is 5.95. The van der Waals surface area contributed by atoms with Gasteiger partial charge in [0, 0.05) is 50.4 Å². The van der Waals surface area contributed by atoms with Crippen molar-refractivity contribution in [3.63, 3.8) is 0 Å². The Morgan fingerprint density at radius 1 is 1.40 bits per heavy atom. The van der Waals surface area contributed by atoms with Gasteiger partial charge < -0.3 is 19.9 Å². The summed E-state index contributed by atoms with van der Waals surface area (Å²) < 4.78 is 30.5. The van der Waals surface area contributed by atoms with Gasteiger partial charge in [-0.1, -0.05) is 6.08 Å². The Morgan fingerprint density at radius 3 is 2.87 bits per heavy atom. The molecule has 0 aromatic rings. The van der Waals surface area contributed by atoms with Crippen LogP contribution in [0.15, 0.2) is 16.9 Å². The van der Waals surface area contributed by atoms with E-state index < -0.39 is 6.43 Å². The van der Waals surface area contributed by atoms with Crippen LogP contribution < -0.4 is 10.7 Å². The van der Waals surface area contributed by atoms with E-state index in [1.165, 1.54) is 6.08 Å². The maximum atomic E-state index is 12.8. The molecule has 3 amide bonds. The topological polar surface area (TPSA) is 86.3 Å². The van der Waals surface area contributed by atoms with E-state index in [0.29, 0.717) is 31.1 Å². The highest BCUT2D eigenvalue weighted by atomic mass is 19.3. The van der Waals surface area contributed by atoms with Crippen LogP contribution >= 0.6 is 0 Å². The maximum Gasteiger partial charge on any atom is 0.320 e. The minimum Gasteiger partial charge on any atom is -0.366 e. The summed E-state index contributed by atoms with van der Waals surface area (Å²) in [6.45, 7) is 6.06. The van der Waals surface area contributed by atoms with Crippen molar-refractivity contribution >= 4 is 18.7 Å². The highest BCUT2D eigenvalue weighted by Crippen LogP contribution is 2.53. The highest BCUT2D eigenvalue weighted by Gasteiger charge is 2.54. The predicted octanol–water partition coefficient (Wildman–Crippen LogP) is 1.54. The lowest BCUT2D eigenvalue weighted by Gasteiger charge is -2.60. The molecule has 2 atom stereocenters. The van der Waals surface area contributed by atoms with E-state index in [9.17, 15) is 18.4 Å². The third kappa shape index (κ3) is 4.43. The van der Waals surface area contributed by atoms with Gasteiger partial charge in [0.25, 0.3) is 0 Å². The van der Waals surface area contributed by atoms with Gasteiger partial charge in [-0.15, -0.1) is 0 Å². The molecule has 0 bridgehead atoms. The molecule has 3 heterocycles. The SMILES string of the molecule is C=NN/C(=C\CC(F)F)CC1CC2(C1)CN(C(=O)N1CC[C@@H]3OCC(=O)N[C@@H]3C1)C2. The van der Waals surface area contributed by atoms with Crippen molar-refractivity contribution in [3.8, 4) is 0 Å². The Balaban J connectivity index is 1.22. The lowest BCUT2D eigenvalue weighted by molar-refractivity contribution is -0.140. The Hall–Kier alpha value is -2.23. The van der Waals surface area contributed by atoms with Crippen LogP contribution in [-0.4, -0.2) is 79.8 Å². The number of hydrogen-bond acceptors (Lipinski definition) is 5. The van der Waals surface area contributed by atoms with Gasteiger partial charge in [0.1, 0.15) is 6.61 Å². The molecule has 166 valence electrons. The van der Waals surface area contributed by atoms with Crippen molar-refractivity contribution in [2.24, 2.45) is 16.4 Å². The fourth-order valence-corrected chi connectivity index (χ4v) is 5.36. The van der Waals surface area contributed by atoms with E-state index >= 15 is 0 Å². The van der Waals surface area contributed by atoms with Crippen molar-refractivity contribution in [3.05, 3.63) is 11.8 Å². The van der Waals surface area contributed by atoms with E-state index in [1.54, 1.807) is 0 Å². The summed E-state index contributed by atoms with van der Waals surface area (Å²) in [5.74, 6) is 0.280. The van der Waals surface area contributed by atoms with E-state index in [0.717, 1.165) is 32.4 Å². The summed E-state index contributed by atoms with van der Waals surface area (Å²) in [6, 6.07) is -0.103. The summed E-state index contributed by atoms with van der Waals surface area (Å²) in [5.41, 5.74) is 3.58. The quantitative estimate of drug-likeness (QED) is 0.499. The van der Waals surface area contributed by atoms with Crippen LogP contribution in [0, 0.1) is 11.3 Å². The van der Waals surface area contributed by atoms with Gasteiger partial charge in [0.2, 0.25) is 12.3 Å². The van der Waals surface area contributed by atoms with Gasteiger partial charge in [-0.25, -0.2) is 13.6 Å². The van der Waals surface area contributed by atoms with Crippen LogP contribution in [0.1, 0.15) is 32.1 Å². The van der Waals surface area contributed by atoms with Crippen LogP contribution in [0.2, 0.25) is 0 Å². The molecule has 4 fully saturated rings. The number of piperidine rings is 1. The molecule has 0 aromatic carbocycles. The number of ether oxygens (including phenoxy) is 1. The number of fused-ring (bicyclic) bond motifs is 1. The first-order valence-corrected chi connectivity index (χ1v) is 10.5. The molecule has 8 nitrogen and oxygen atoms in total. The number of urea groups is 1. The largest absolute Gasteiger partial charge is 0.366 e. The molecule has 1 aliphatic carbocycles. The molecule has 0 unspecified atom stereocenters. The monoisotopic (exact) mass is 425 g/mol. The molecular weight excluding hydrogens is 396 g/mol. The van der Waals surface area contributed by atoms with E-state index in [2.05, 4.69) is 22.6 Å². The number of allylic oxidation sites excluding steroid dienone is 2. The number of rotatable bonds is 6. The standard InChI is InChI=1S/C20H29F2N5O3/c1-23-25-14(2-3-17(21)22)6-13-7-20(8-13)11-27(12-20)19(29)26-5-4-16-15(9-26)24-18(28)10-30-16/h2,13,15-17,25H,1,3-12H2,(H,24,28)/b14-2-/t15-,16+/m1/s1. The maximum absolute atomic E-state index is 12.8. The summed E-state index contributed by atoms with van der Waals surface area (Å²) in [6.07, 6.45) is 2.20. The number of carbonyl (C=O) groups excluding carboxylic acids is 2. The number of likely N-dealkylation sites (tertiary alicyclic amines) is 2. The van der Waals surface area contributed by atoms with E-state index in [1.807, 2.05) is 9.80 Å². The van der Waals surface area contributed by atoms with Crippen LogP contribution in [0.25, 0.3) is 0 Å². The predicted molar refractivity (Wildman–Crippen MR) is 106 cm³/mol. The minimum atomic E-state index is -2.37. The third-order valence-corrected chi connectivity index (χ3v) is 6.63. The number of nitrogens with one attached hydrogen (secondary N) is 2. The zero-order valence-corrected chi connectivity index (χ0v) is 17.0. The smallest absolute Gasteiger partial charge is 0.320 e. The molecule has 4 aliphatic rings. The molecule has 3 saturated heterocycles. The molecule has 0 aromatic heterocycles. The number of amides is 3.